The summed E-state index contributed by atoms with van der Waals surface area (Å²) in [5, 5.41) is 3.28. The summed E-state index contributed by atoms with van der Waals surface area (Å²) >= 11 is 6.02. The van der Waals surface area contributed by atoms with Crippen molar-refractivity contribution >= 4 is 17.5 Å². The lowest BCUT2D eigenvalue weighted by Gasteiger charge is -2.17. The van der Waals surface area contributed by atoms with Crippen LogP contribution in [0.15, 0.2) is 30.5 Å². The van der Waals surface area contributed by atoms with Crippen molar-refractivity contribution in [2.75, 3.05) is 7.11 Å². The predicted molar refractivity (Wildman–Crippen MR) is 96.9 cm³/mol. The minimum atomic E-state index is -4.52. The van der Waals surface area contributed by atoms with E-state index in [1.54, 1.807) is 12.1 Å². The monoisotopic (exact) mass is 400 g/mol. The van der Waals surface area contributed by atoms with Crippen LogP contribution in [-0.2, 0) is 17.5 Å². The molecule has 4 nitrogen and oxygen atoms in total. The molecule has 1 heterocycles. The molecule has 1 aromatic heterocycles. The topological polar surface area (TPSA) is 51.2 Å². The lowest BCUT2D eigenvalue weighted by Crippen LogP contribution is -2.29. The van der Waals surface area contributed by atoms with Crippen molar-refractivity contribution in [1.29, 1.82) is 0 Å². The van der Waals surface area contributed by atoms with E-state index in [2.05, 4.69) is 10.3 Å². The van der Waals surface area contributed by atoms with E-state index in [0.29, 0.717) is 17.6 Å². The molecule has 0 fully saturated rings. The number of aromatic nitrogens is 1. The standard InChI is InChI=1S/C19H20ClF3N2O2/c1-4-15(12-5-6-16(20)11(2)7-12)17(26)24-9-13-8-14(19(21,22)23)10-25-18(13)27-3/h5-8,10,15H,4,9H2,1-3H3,(H,24,26)/t15-/m0/s1. The third-order valence-corrected chi connectivity index (χ3v) is 4.63. The second-order valence-electron chi connectivity index (χ2n) is 6.08. The van der Waals surface area contributed by atoms with Crippen LogP contribution in [0.3, 0.4) is 0 Å². The maximum absolute atomic E-state index is 12.9. The van der Waals surface area contributed by atoms with Gasteiger partial charge in [0.15, 0.2) is 0 Å². The average Bonchev–Trinajstić information content (AvgIpc) is 2.62. The summed E-state index contributed by atoms with van der Waals surface area (Å²) in [6.45, 7) is 3.58. The Bertz CT molecular complexity index is 825. The van der Waals surface area contributed by atoms with Gasteiger partial charge in [0.2, 0.25) is 11.8 Å². The molecule has 0 radical (unpaired) electrons. The largest absolute Gasteiger partial charge is 0.481 e. The Balaban J connectivity index is 2.19. The molecule has 1 aromatic carbocycles. The lowest BCUT2D eigenvalue weighted by molar-refractivity contribution is -0.137. The second kappa shape index (κ2) is 8.61. The van der Waals surface area contributed by atoms with Gasteiger partial charge in [-0.1, -0.05) is 30.7 Å². The molecule has 0 saturated heterocycles. The summed E-state index contributed by atoms with van der Waals surface area (Å²) in [6, 6.07) is 6.26. The minimum absolute atomic E-state index is 0.0404. The number of rotatable bonds is 6. The summed E-state index contributed by atoms with van der Waals surface area (Å²) in [5.41, 5.74) is 0.908. The van der Waals surface area contributed by atoms with Gasteiger partial charge in [-0.25, -0.2) is 4.98 Å². The van der Waals surface area contributed by atoms with E-state index in [0.717, 1.165) is 17.2 Å². The van der Waals surface area contributed by atoms with Crippen molar-refractivity contribution in [3.63, 3.8) is 0 Å². The molecule has 0 unspecified atom stereocenters. The number of ether oxygens (including phenoxy) is 1. The molecule has 27 heavy (non-hydrogen) atoms. The van der Waals surface area contributed by atoms with E-state index in [9.17, 15) is 18.0 Å². The fourth-order valence-corrected chi connectivity index (χ4v) is 2.84. The van der Waals surface area contributed by atoms with Crippen LogP contribution in [0.1, 0.15) is 41.5 Å². The number of pyridine rings is 1. The number of nitrogens with zero attached hydrogens (tertiary/aromatic N) is 1. The molecule has 0 bridgehead atoms. The van der Waals surface area contributed by atoms with Crippen LogP contribution in [0, 0.1) is 6.92 Å². The van der Waals surface area contributed by atoms with Gasteiger partial charge in [0.05, 0.1) is 18.6 Å². The first-order chi connectivity index (χ1) is 12.7. The molecule has 8 heteroatoms. The zero-order chi connectivity index (χ0) is 20.2. The number of aryl methyl sites for hydroxylation is 1. The highest BCUT2D eigenvalue weighted by atomic mass is 35.5. The SMILES string of the molecule is CC[C@H](C(=O)NCc1cc(C(F)(F)F)cnc1OC)c1ccc(Cl)c(C)c1. The number of amides is 1. The van der Waals surface area contributed by atoms with Crippen LogP contribution in [-0.4, -0.2) is 18.0 Å². The maximum atomic E-state index is 12.9. The Hall–Kier alpha value is -2.28. The smallest absolute Gasteiger partial charge is 0.417 e. The third-order valence-electron chi connectivity index (χ3n) is 4.21. The highest BCUT2D eigenvalue weighted by Crippen LogP contribution is 2.31. The Morgan fingerprint density at radius 3 is 2.59 bits per heavy atom. The van der Waals surface area contributed by atoms with E-state index in [4.69, 9.17) is 16.3 Å². The zero-order valence-electron chi connectivity index (χ0n) is 15.2. The van der Waals surface area contributed by atoms with Crippen molar-refractivity contribution in [1.82, 2.24) is 10.3 Å². The molecule has 0 aliphatic heterocycles. The molecule has 2 rings (SSSR count). The molecule has 0 aliphatic carbocycles. The fourth-order valence-electron chi connectivity index (χ4n) is 2.73. The Morgan fingerprint density at radius 2 is 2.04 bits per heavy atom. The summed E-state index contributed by atoms with van der Waals surface area (Å²) < 4.78 is 43.7. The van der Waals surface area contributed by atoms with E-state index in [-0.39, 0.29) is 23.9 Å². The highest BCUT2D eigenvalue weighted by molar-refractivity contribution is 6.31. The fraction of sp³-hybridized carbons (Fsp3) is 0.368. The van der Waals surface area contributed by atoms with Gasteiger partial charge in [-0.3, -0.25) is 4.79 Å². The maximum Gasteiger partial charge on any atom is 0.417 e. The predicted octanol–water partition coefficient (Wildman–Crippen LogP) is 4.88. The van der Waals surface area contributed by atoms with Crippen molar-refractivity contribution in [3.05, 3.63) is 57.7 Å². The Kier molecular flexibility index (Phi) is 6.70. The molecule has 0 spiro atoms. The molecule has 1 atom stereocenters. The van der Waals surface area contributed by atoms with E-state index >= 15 is 0 Å². The quantitative estimate of drug-likeness (QED) is 0.751. The van der Waals surface area contributed by atoms with Crippen LogP contribution in [0.2, 0.25) is 5.02 Å². The van der Waals surface area contributed by atoms with Crippen molar-refractivity contribution in [3.8, 4) is 5.88 Å². The van der Waals surface area contributed by atoms with Gasteiger partial charge in [-0.05, 0) is 36.6 Å². The highest BCUT2D eigenvalue weighted by Gasteiger charge is 2.32. The van der Waals surface area contributed by atoms with Gasteiger partial charge in [-0.15, -0.1) is 0 Å². The van der Waals surface area contributed by atoms with Gasteiger partial charge in [0, 0.05) is 23.3 Å². The molecule has 146 valence electrons. The first-order valence-electron chi connectivity index (χ1n) is 8.31. The number of hydrogen-bond acceptors (Lipinski definition) is 3. The zero-order valence-corrected chi connectivity index (χ0v) is 15.9. The second-order valence-corrected chi connectivity index (χ2v) is 6.48. The van der Waals surface area contributed by atoms with Crippen LogP contribution in [0.4, 0.5) is 13.2 Å². The first kappa shape index (κ1) is 21.0. The van der Waals surface area contributed by atoms with Gasteiger partial charge >= 0.3 is 6.18 Å². The van der Waals surface area contributed by atoms with E-state index in [1.165, 1.54) is 7.11 Å². The number of alkyl halides is 3. The van der Waals surface area contributed by atoms with Crippen molar-refractivity contribution in [2.45, 2.75) is 38.9 Å². The number of nitrogens with one attached hydrogen (secondary N) is 1. The number of hydrogen-bond donors (Lipinski definition) is 1. The number of methoxy groups -OCH3 is 1. The Morgan fingerprint density at radius 1 is 1.33 bits per heavy atom. The van der Waals surface area contributed by atoms with Crippen LogP contribution in [0.25, 0.3) is 0 Å². The molecular weight excluding hydrogens is 381 g/mol. The lowest BCUT2D eigenvalue weighted by atomic mass is 9.94. The normalized spacial score (nSPS) is 12.6. The van der Waals surface area contributed by atoms with Crippen molar-refractivity contribution in [2.24, 2.45) is 0 Å². The first-order valence-corrected chi connectivity index (χ1v) is 8.69. The minimum Gasteiger partial charge on any atom is -0.481 e. The summed E-state index contributed by atoms with van der Waals surface area (Å²) in [7, 11) is 1.31. The third kappa shape index (κ3) is 5.13. The van der Waals surface area contributed by atoms with Crippen LogP contribution in [0.5, 0.6) is 5.88 Å². The van der Waals surface area contributed by atoms with Crippen LogP contribution >= 0.6 is 11.6 Å². The molecule has 0 saturated carbocycles. The van der Waals surface area contributed by atoms with Crippen molar-refractivity contribution < 1.29 is 22.7 Å². The van der Waals surface area contributed by atoms with Gasteiger partial charge in [-0.2, -0.15) is 13.2 Å². The molecule has 0 aliphatic rings. The summed E-state index contributed by atoms with van der Waals surface area (Å²) in [4.78, 5) is 16.3. The molecule has 1 N–H and O–H groups in total. The summed E-state index contributed by atoms with van der Waals surface area (Å²) in [5.74, 6) is -0.692. The number of benzene rings is 1. The van der Waals surface area contributed by atoms with Gasteiger partial charge < -0.3 is 10.1 Å². The Labute approximate surface area is 160 Å². The van der Waals surface area contributed by atoms with Gasteiger partial charge in [0.1, 0.15) is 0 Å². The summed E-state index contributed by atoms with van der Waals surface area (Å²) in [6.07, 6.45) is -3.29. The van der Waals surface area contributed by atoms with E-state index < -0.39 is 17.7 Å². The average molecular weight is 401 g/mol. The number of carbonyl (C=O) groups is 1. The molecule has 2 aromatic rings. The van der Waals surface area contributed by atoms with Crippen LogP contribution < -0.4 is 10.1 Å². The number of carbonyl (C=O) groups excluding carboxylic acids is 1. The molecule has 1 amide bonds. The van der Waals surface area contributed by atoms with E-state index in [1.807, 2.05) is 19.9 Å². The number of halogens is 4. The molecular formula is C19H20ClF3N2O2. The van der Waals surface area contributed by atoms with Gasteiger partial charge in [0.25, 0.3) is 0 Å².